The highest BCUT2D eigenvalue weighted by Crippen LogP contribution is 2.33. The van der Waals surface area contributed by atoms with Crippen molar-refractivity contribution >= 4 is 15.9 Å². The van der Waals surface area contributed by atoms with Crippen LogP contribution in [0.5, 0.6) is 11.5 Å². The van der Waals surface area contributed by atoms with E-state index in [2.05, 4.69) is 25.9 Å². The SMILES string of the molecule is Cc1nc(Br)c(Cc2ccc3c(c2)OCO3)[nH]1. The maximum absolute atomic E-state index is 5.35. The zero-order chi connectivity index (χ0) is 11.8. The van der Waals surface area contributed by atoms with Crippen LogP contribution in [0.3, 0.4) is 0 Å². The van der Waals surface area contributed by atoms with Crippen LogP contribution in [0.1, 0.15) is 17.1 Å². The summed E-state index contributed by atoms with van der Waals surface area (Å²) < 4.78 is 11.5. The molecule has 0 aliphatic carbocycles. The first-order valence-electron chi connectivity index (χ1n) is 5.32. The molecule has 4 nitrogen and oxygen atoms in total. The van der Waals surface area contributed by atoms with Gasteiger partial charge in [0.2, 0.25) is 6.79 Å². The van der Waals surface area contributed by atoms with E-state index < -0.39 is 0 Å². The Morgan fingerprint density at radius 2 is 2.18 bits per heavy atom. The van der Waals surface area contributed by atoms with Gasteiger partial charge in [-0.2, -0.15) is 0 Å². The molecule has 1 aromatic carbocycles. The molecule has 17 heavy (non-hydrogen) atoms. The van der Waals surface area contributed by atoms with Gasteiger partial charge in [-0.15, -0.1) is 0 Å². The number of H-pyrrole nitrogens is 1. The third-order valence-corrected chi connectivity index (χ3v) is 3.32. The number of hydrogen-bond acceptors (Lipinski definition) is 3. The Bertz CT molecular complexity index is 566. The van der Waals surface area contributed by atoms with Gasteiger partial charge in [0.05, 0.1) is 5.69 Å². The molecule has 2 aromatic rings. The molecule has 2 heterocycles. The van der Waals surface area contributed by atoms with Crippen LogP contribution in [-0.4, -0.2) is 16.8 Å². The van der Waals surface area contributed by atoms with Crippen LogP contribution in [0.4, 0.5) is 0 Å². The standard InChI is InChI=1S/C12H11BrN2O2/c1-7-14-9(12(13)15-7)4-8-2-3-10-11(5-8)17-6-16-10/h2-3,5H,4,6H2,1H3,(H,14,15). The van der Waals surface area contributed by atoms with Gasteiger partial charge in [-0.3, -0.25) is 0 Å². The Morgan fingerprint density at radius 1 is 1.35 bits per heavy atom. The summed E-state index contributed by atoms with van der Waals surface area (Å²) in [5, 5.41) is 0. The predicted molar refractivity (Wildman–Crippen MR) is 66.4 cm³/mol. The summed E-state index contributed by atoms with van der Waals surface area (Å²) in [6, 6.07) is 5.98. The molecule has 0 radical (unpaired) electrons. The van der Waals surface area contributed by atoms with Gasteiger partial charge in [0.25, 0.3) is 0 Å². The highest BCUT2D eigenvalue weighted by Gasteiger charge is 2.14. The summed E-state index contributed by atoms with van der Waals surface area (Å²) in [6.45, 7) is 2.25. The monoisotopic (exact) mass is 294 g/mol. The van der Waals surface area contributed by atoms with E-state index in [-0.39, 0.29) is 0 Å². The molecule has 5 heteroatoms. The van der Waals surface area contributed by atoms with Crippen LogP contribution in [0.15, 0.2) is 22.8 Å². The van der Waals surface area contributed by atoms with E-state index in [9.17, 15) is 0 Å². The Labute approximate surface area is 107 Å². The molecule has 0 amide bonds. The zero-order valence-corrected chi connectivity index (χ0v) is 10.9. The van der Waals surface area contributed by atoms with E-state index in [1.807, 2.05) is 25.1 Å². The number of aromatic amines is 1. The van der Waals surface area contributed by atoms with Gasteiger partial charge in [-0.05, 0) is 40.5 Å². The number of hydrogen-bond donors (Lipinski definition) is 1. The molecule has 3 rings (SSSR count). The largest absolute Gasteiger partial charge is 0.454 e. The molecule has 1 aromatic heterocycles. The summed E-state index contributed by atoms with van der Waals surface area (Å²) in [4.78, 5) is 7.52. The molecule has 0 unspecified atom stereocenters. The normalized spacial score (nSPS) is 13.1. The van der Waals surface area contributed by atoms with Crippen molar-refractivity contribution < 1.29 is 9.47 Å². The third-order valence-electron chi connectivity index (χ3n) is 2.66. The molecular weight excluding hydrogens is 284 g/mol. The van der Waals surface area contributed by atoms with E-state index in [4.69, 9.17) is 9.47 Å². The summed E-state index contributed by atoms with van der Waals surface area (Å²) in [5.41, 5.74) is 2.24. The highest BCUT2D eigenvalue weighted by atomic mass is 79.9. The topological polar surface area (TPSA) is 47.1 Å². The first-order chi connectivity index (χ1) is 8.22. The molecule has 88 valence electrons. The predicted octanol–water partition coefficient (Wildman–Crippen LogP) is 2.80. The lowest BCUT2D eigenvalue weighted by molar-refractivity contribution is 0.174. The quantitative estimate of drug-likeness (QED) is 0.926. The second-order valence-electron chi connectivity index (χ2n) is 3.96. The average Bonchev–Trinajstić information content (AvgIpc) is 2.85. The number of imidazole rings is 1. The van der Waals surface area contributed by atoms with E-state index >= 15 is 0 Å². The lowest BCUT2D eigenvalue weighted by Crippen LogP contribution is -1.93. The second-order valence-corrected chi connectivity index (χ2v) is 4.71. The Morgan fingerprint density at radius 3 is 2.94 bits per heavy atom. The summed E-state index contributed by atoms with van der Waals surface area (Å²) in [6.07, 6.45) is 0.790. The molecule has 0 spiro atoms. The van der Waals surface area contributed by atoms with Gasteiger partial charge < -0.3 is 14.5 Å². The molecule has 0 saturated carbocycles. The first-order valence-corrected chi connectivity index (χ1v) is 6.11. The molecule has 0 atom stereocenters. The van der Waals surface area contributed by atoms with Gasteiger partial charge >= 0.3 is 0 Å². The maximum Gasteiger partial charge on any atom is 0.231 e. The van der Waals surface area contributed by atoms with Crippen LogP contribution in [0.25, 0.3) is 0 Å². The number of fused-ring (bicyclic) bond motifs is 1. The van der Waals surface area contributed by atoms with Gasteiger partial charge in [0.1, 0.15) is 10.4 Å². The van der Waals surface area contributed by atoms with Crippen LogP contribution in [0.2, 0.25) is 0 Å². The van der Waals surface area contributed by atoms with Gasteiger partial charge in [0.15, 0.2) is 11.5 Å². The number of aryl methyl sites for hydroxylation is 1. The minimum Gasteiger partial charge on any atom is -0.454 e. The van der Waals surface area contributed by atoms with Crippen molar-refractivity contribution in [2.45, 2.75) is 13.3 Å². The minimum atomic E-state index is 0.311. The average molecular weight is 295 g/mol. The number of nitrogens with zero attached hydrogens (tertiary/aromatic N) is 1. The second kappa shape index (κ2) is 4.07. The number of benzene rings is 1. The maximum atomic E-state index is 5.35. The first kappa shape index (κ1) is 10.7. The van der Waals surface area contributed by atoms with Crippen molar-refractivity contribution in [2.24, 2.45) is 0 Å². The van der Waals surface area contributed by atoms with Gasteiger partial charge in [0, 0.05) is 6.42 Å². The molecule has 1 N–H and O–H groups in total. The number of rotatable bonds is 2. The number of aromatic nitrogens is 2. The van der Waals surface area contributed by atoms with Crippen LogP contribution in [-0.2, 0) is 6.42 Å². The molecular formula is C12H11BrN2O2. The fraction of sp³-hybridized carbons (Fsp3) is 0.250. The molecule has 1 aliphatic rings. The minimum absolute atomic E-state index is 0.311. The van der Waals surface area contributed by atoms with E-state index in [0.29, 0.717) is 6.79 Å². The van der Waals surface area contributed by atoms with Crippen molar-refractivity contribution in [3.63, 3.8) is 0 Å². The molecule has 1 aliphatic heterocycles. The Hall–Kier alpha value is -1.49. The number of halogens is 1. The summed E-state index contributed by atoms with van der Waals surface area (Å²) >= 11 is 3.44. The molecule has 0 bridgehead atoms. The fourth-order valence-electron chi connectivity index (χ4n) is 1.88. The molecule has 0 saturated heterocycles. The number of ether oxygens (including phenoxy) is 2. The smallest absolute Gasteiger partial charge is 0.231 e. The summed E-state index contributed by atoms with van der Waals surface area (Å²) in [5.74, 6) is 2.54. The third kappa shape index (κ3) is 2.02. The van der Waals surface area contributed by atoms with E-state index in [0.717, 1.165) is 34.0 Å². The lowest BCUT2D eigenvalue weighted by atomic mass is 10.1. The summed E-state index contributed by atoms with van der Waals surface area (Å²) in [7, 11) is 0. The van der Waals surface area contributed by atoms with Crippen LogP contribution >= 0.6 is 15.9 Å². The zero-order valence-electron chi connectivity index (χ0n) is 9.29. The Balaban J connectivity index is 1.88. The Kier molecular flexibility index (Phi) is 2.55. The fourth-order valence-corrected chi connectivity index (χ4v) is 2.39. The van der Waals surface area contributed by atoms with Crippen molar-refractivity contribution in [3.8, 4) is 11.5 Å². The highest BCUT2D eigenvalue weighted by molar-refractivity contribution is 9.10. The van der Waals surface area contributed by atoms with Crippen molar-refractivity contribution in [2.75, 3.05) is 6.79 Å². The van der Waals surface area contributed by atoms with Crippen molar-refractivity contribution in [1.82, 2.24) is 9.97 Å². The molecule has 0 fully saturated rings. The van der Waals surface area contributed by atoms with Gasteiger partial charge in [-0.1, -0.05) is 6.07 Å². The lowest BCUT2D eigenvalue weighted by Gasteiger charge is -2.02. The van der Waals surface area contributed by atoms with Crippen molar-refractivity contribution in [3.05, 3.63) is 39.9 Å². The van der Waals surface area contributed by atoms with E-state index in [1.54, 1.807) is 0 Å². The number of nitrogens with one attached hydrogen (secondary N) is 1. The van der Waals surface area contributed by atoms with Crippen molar-refractivity contribution in [1.29, 1.82) is 0 Å². The van der Waals surface area contributed by atoms with Gasteiger partial charge in [-0.25, -0.2) is 4.98 Å². The van der Waals surface area contributed by atoms with Crippen LogP contribution in [0, 0.1) is 6.92 Å². The van der Waals surface area contributed by atoms with Crippen LogP contribution < -0.4 is 9.47 Å². The van der Waals surface area contributed by atoms with E-state index in [1.165, 1.54) is 5.56 Å².